The molecule has 0 spiro atoms. The molecule has 0 aromatic heterocycles. The quantitative estimate of drug-likeness (QED) is 0.751. The number of nitrogens with one attached hydrogen (secondary N) is 1. The summed E-state index contributed by atoms with van der Waals surface area (Å²) in [6, 6.07) is 6.79. The van der Waals surface area contributed by atoms with Crippen LogP contribution in [0.1, 0.15) is 12.5 Å². The fourth-order valence-corrected chi connectivity index (χ4v) is 2.81. The van der Waals surface area contributed by atoms with Crippen molar-refractivity contribution in [2.75, 3.05) is 26.7 Å². The van der Waals surface area contributed by atoms with Crippen LogP contribution in [0.25, 0.3) is 0 Å². The summed E-state index contributed by atoms with van der Waals surface area (Å²) in [5.74, 6) is 0. The first-order valence-electron chi connectivity index (χ1n) is 5.97. The molecule has 3 N–H and O–H groups in total. The minimum atomic E-state index is -3.46. The Morgan fingerprint density at radius 1 is 1.33 bits per heavy atom. The second-order valence-corrected chi connectivity index (χ2v) is 5.84. The van der Waals surface area contributed by atoms with E-state index in [1.165, 1.54) is 0 Å². The Morgan fingerprint density at radius 2 is 2.00 bits per heavy atom. The Kier molecular flexibility index (Phi) is 5.74. The van der Waals surface area contributed by atoms with E-state index in [-0.39, 0.29) is 11.4 Å². The van der Waals surface area contributed by atoms with Gasteiger partial charge in [0.25, 0.3) is 0 Å². The topological polar surface area (TPSA) is 75.4 Å². The van der Waals surface area contributed by atoms with Crippen molar-refractivity contribution in [1.82, 2.24) is 9.62 Å². The summed E-state index contributed by atoms with van der Waals surface area (Å²) in [5, 5.41) is 0. The highest BCUT2D eigenvalue weighted by atomic mass is 32.2. The monoisotopic (exact) mass is 271 g/mol. The third-order valence-corrected chi connectivity index (χ3v) is 4.37. The maximum Gasteiger partial charge on any atom is 0.240 e. The second-order valence-electron chi connectivity index (χ2n) is 4.11. The summed E-state index contributed by atoms with van der Waals surface area (Å²) >= 11 is 0. The van der Waals surface area contributed by atoms with Crippen molar-refractivity contribution in [2.24, 2.45) is 5.73 Å². The fraction of sp³-hybridized carbons (Fsp3) is 0.500. The number of likely N-dealkylation sites (N-methyl/N-ethyl adjacent to an activating group) is 1. The Labute approximate surface area is 109 Å². The lowest BCUT2D eigenvalue weighted by atomic mass is 10.2. The molecule has 0 atom stereocenters. The predicted molar refractivity (Wildman–Crippen MR) is 72.7 cm³/mol. The zero-order valence-corrected chi connectivity index (χ0v) is 11.7. The molecule has 18 heavy (non-hydrogen) atoms. The van der Waals surface area contributed by atoms with Crippen LogP contribution in [0.2, 0.25) is 0 Å². The minimum absolute atomic E-state index is 0.214. The van der Waals surface area contributed by atoms with Gasteiger partial charge in [0.15, 0.2) is 0 Å². The lowest BCUT2D eigenvalue weighted by molar-refractivity contribution is 0.358. The highest BCUT2D eigenvalue weighted by Gasteiger charge is 2.16. The van der Waals surface area contributed by atoms with E-state index in [9.17, 15) is 8.42 Å². The highest BCUT2D eigenvalue weighted by Crippen LogP contribution is 2.14. The van der Waals surface area contributed by atoms with E-state index < -0.39 is 10.0 Å². The molecule has 0 aliphatic heterocycles. The SMILES string of the molecule is CCN(C)CCNS(=O)(=O)c1ccccc1CN. The molecule has 6 heteroatoms. The number of benzene rings is 1. The van der Waals surface area contributed by atoms with Crippen LogP contribution in [0.5, 0.6) is 0 Å². The molecule has 0 bridgehead atoms. The summed E-state index contributed by atoms with van der Waals surface area (Å²) < 4.78 is 26.8. The van der Waals surface area contributed by atoms with Gasteiger partial charge >= 0.3 is 0 Å². The van der Waals surface area contributed by atoms with Crippen molar-refractivity contribution in [1.29, 1.82) is 0 Å². The first-order valence-corrected chi connectivity index (χ1v) is 7.45. The molecule has 0 fully saturated rings. The maximum absolute atomic E-state index is 12.1. The van der Waals surface area contributed by atoms with Crippen molar-refractivity contribution < 1.29 is 8.42 Å². The van der Waals surface area contributed by atoms with Crippen LogP contribution in [0.15, 0.2) is 29.2 Å². The second kappa shape index (κ2) is 6.84. The standard InChI is InChI=1S/C12H21N3O2S/c1-3-15(2)9-8-14-18(16,17)12-7-5-4-6-11(12)10-13/h4-7,14H,3,8-10,13H2,1-2H3. The first-order chi connectivity index (χ1) is 8.51. The normalized spacial score (nSPS) is 12.0. The molecule has 0 amide bonds. The van der Waals surface area contributed by atoms with Gasteiger partial charge in [-0.3, -0.25) is 0 Å². The average Bonchev–Trinajstić information content (AvgIpc) is 2.38. The largest absolute Gasteiger partial charge is 0.326 e. The van der Waals surface area contributed by atoms with Crippen LogP contribution in [0, 0.1) is 0 Å². The molecule has 5 nitrogen and oxygen atoms in total. The van der Waals surface area contributed by atoms with Gasteiger partial charge < -0.3 is 10.6 Å². The number of nitrogens with zero attached hydrogens (tertiary/aromatic N) is 1. The van der Waals surface area contributed by atoms with Gasteiger partial charge in [-0.25, -0.2) is 13.1 Å². The molecule has 0 radical (unpaired) electrons. The van der Waals surface area contributed by atoms with E-state index in [1.54, 1.807) is 24.3 Å². The summed E-state index contributed by atoms with van der Waals surface area (Å²) in [7, 11) is -1.52. The molecule has 0 aliphatic rings. The minimum Gasteiger partial charge on any atom is -0.326 e. The zero-order valence-electron chi connectivity index (χ0n) is 10.9. The van der Waals surface area contributed by atoms with E-state index in [2.05, 4.69) is 4.72 Å². The van der Waals surface area contributed by atoms with Crippen LogP contribution in [-0.4, -0.2) is 40.0 Å². The Hall–Kier alpha value is -0.950. The van der Waals surface area contributed by atoms with Crippen molar-refractivity contribution in [3.8, 4) is 0 Å². The molecule has 0 unspecified atom stereocenters. The molecular formula is C12H21N3O2S. The van der Waals surface area contributed by atoms with Crippen LogP contribution in [0.4, 0.5) is 0 Å². The molecule has 0 saturated carbocycles. The van der Waals surface area contributed by atoms with Gasteiger partial charge in [-0.1, -0.05) is 25.1 Å². The molecule has 0 heterocycles. The highest BCUT2D eigenvalue weighted by molar-refractivity contribution is 7.89. The van der Waals surface area contributed by atoms with E-state index in [0.717, 1.165) is 6.54 Å². The van der Waals surface area contributed by atoms with Crippen LogP contribution in [0.3, 0.4) is 0 Å². The maximum atomic E-state index is 12.1. The average molecular weight is 271 g/mol. The fourth-order valence-electron chi connectivity index (χ4n) is 1.54. The van der Waals surface area contributed by atoms with Crippen molar-refractivity contribution in [2.45, 2.75) is 18.4 Å². The van der Waals surface area contributed by atoms with E-state index in [4.69, 9.17) is 5.73 Å². The third-order valence-electron chi connectivity index (χ3n) is 2.81. The van der Waals surface area contributed by atoms with Gasteiger partial charge in [-0.15, -0.1) is 0 Å². The van der Waals surface area contributed by atoms with Crippen LogP contribution >= 0.6 is 0 Å². The van der Waals surface area contributed by atoms with Gasteiger partial charge in [0.2, 0.25) is 10.0 Å². The number of hydrogen-bond donors (Lipinski definition) is 2. The molecule has 0 aliphatic carbocycles. The zero-order chi connectivity index (χ0) is 13.6. The molecular weight excluding hydrogens is 250 g/mol. The summed E-state index contributed by atoms with van der Waals surface area (Å²) in [6.07, 6.45) is 0. The van der Waals surface area contributed by atoms with Gasteiger partial charge in [0.05, 0.1) is 4.90 Å². The summed E-state index contributed by atoms with van der Waals surface area (Å²) in [6.45, 7) is 4.21. The summed E-state index contributed by atoms with van der Waals surface area (Å²) in [5.41, 5.74) is 6.18. The molecule has 102 valence electrons. The molecule has 1 rings (SSSR count). The van der Waals surface area contributed by atoms with Crippen molar-refractivity contribution in [3.63, 3.8) is 0 Å². The number of hydrogen-bond acceptors (Lipinski definition) is 4. The van der Waals surface area contributed by atoms with E-state index in [0.29, 0.717) is 18.7 Å². The lowest BCUT2D eigenvalue weighted by Crippen LogP contribution is -2.33. The van der Waals surface area contributed by atoms with Gasteiger partial charge in [-0.2, -0.15) is 0 Å². The van der Waals surface area contributed by atoms with Gasteiger partial charge in [-0.05, 0) is 25.2 Å². The smallest absolute Gasteiger partial charge is 0.240 e. The van der Waals surface area contributed by atoms with Gasteiger partial charge in [0.1, 0.15) is 0 Å². The Bertz CT molecular complexity index is 474. The van der Waals surface area contributed by atoms with E-state index >= 15 is 0 Å². The Morgan fingerprint density at radius 3 is 2.61 bits per heavy atom. The lowest BCUT2D eigenvalue weighted by Gasteiger charge is -2.15. The summed E-state index contributed by atoms with van der Waals surface area (Å²) in [4.78, 5) is 2.31. The number of rotatable bonds is 7. The van der Waals surface area contributed by atoms with E-state index in [1.807, 2.05) is 18.9 Å². The first kappa shape index (κ1) is 15.1. The molecule has 1 aromatic carbocycles. The van der Waals surface area contributed by atoms with Crippen LogP contribution < -0.4 is 10.5 Å². The number of nitrogens with two attached hydrogens (primary N) is 1. The van der Waals surface area contributed by atoms with Crippen molar-refractivity contribution >= 4 is 10.0 Å². The van der Waals surface area contributed by atoms with Crippen molar-refractivity contribution in [3.05, 3.63) is 29.8 Å². The van der Waals surface area contributed by atoms with Gasteiger partial charge in [0, 0.05) is 19.6 Å². The predicted octanol–water partition coefficient (Wildman–Crippen LogP) is 0.375. The Balaban J connectivity index is 2.74. The molecule has 0 saturated heterocycles. The number of sulfonamides is 1. The third kappa shape index (κ3) is 4.06. The molecule has 1 aromatic rings. The van der Waals surface area contributed by atoms with Crippen LogP contribution in [-0.2, 0) is 16.6 Å².